The number of halogens is 6. The normalized spacial score (nSPS) is 14.9. The molecule has 1 aliphatic carbocycles. The van der Waals surface area contributed by atoms with Crippen LogP contribution < -0.4 is 15.5 Å². The van der Waals surface area contributed by atoms with Gasteiger partial charge in [-0.15, -0.1) is 0 Å². The van der Waals surface area contributed by atoms with E-state index in [9.17, 15) is 32.7 Å². The zero-order valence-corrected chi connectivity index (χ0v) is 26.0. The van der Waals surface area contributed by atoms with Crippen LogP contribution >= 0.6 is 61.1 Å². The first kappa shape index (κ1) is 30.9. The van der Waals surface area contributed by atoms with E-state index in [4.69, 9.17) is 0 Å². The number of ketones is 1. The van der Waals surface area contributed by atoms with Gasteiger partial charge >= 0.3 is 6.18 Å². The monoisotopic (exact) mass is 821 g/mol. The Morgan fingerprint density at radius 1 is 1.13 bits per heavy atom. The van der Waals surface area contributed by atoms with Gasteiger partial charge in [0.1, 0.15) is 5.75 Å². The predicted molar refractivity (Wildman–Crippen MR) is 157 cm³/mol. The molecule has 0 spiro atoms. The van der Waals surface area contributed by atoms with Crippen molar-refractivity contribution in [3.63, 3.8) is 0 Å². The molecule has 0 radical (unpaired) electrons. The number of alkyl halides is 3. The average molecular weight is 822 g/mol. The Balaban J connectivity index is 1.87. The van der Waals surface area contributed by atoms with Crippen molar-refractivity contribution in [1.82, 2.24) is 10.6 Å². The van der Waals surface area contributed by atoms with Crippen LogP contribution in [0.1, 0.15) is 44.2 Å². The number of anilines is 1. The van der Waals surface area contributed by atoms with E-state index in [1.165, 1.54) is 36.4 Å². The van der Waals surface area contributed by atoms with Gasteiger partial charge in [0.25, 0.3) is 5.91 Å². The predicted octanol–water partition coefficient (Wildman–Crippen LogP) is 5.61. The molecule has 2 amide bonds. The molecule has 0 heterocycles. The van der Waals surface area contributed by atoms with Crippen LogP contribution in [-0.2, 0) is 14.4 Å². The highest BCUT2D eigenvalue weighted by atomic mass is 127. The van der Waals surface area contributed by atoms with Crippen molar-refractivity contribution in [2.24, 2.45) is 0 Å². The number of carbonyl (C=O) groups is 3. The molecule has 2 aromatic carbocycles. The lowest BCUT2D eigenvalue weighted by atomic mass is 10.0. The summed E-state index contributed by atoms with van der Waals surface area (Å²) in [6, 6.07) is 5.39. The number of phenols is 1. The van der Waals surface area contributed by atoms with Gasteiger partial charge in [0.2, 0.25) is 11.7 Å². The summed E-state index contributed by atoms with van der Waals surface area (Å²) in [7, 11) is 0. The van der Waals surface area contributed by atoms with E-state index in [1.807, 2.05) is 45.2 Å². The van der Waals surface area contributed by atoms with Crippen LogP contribution in [-0.4, -0.2) is 47.5 Å². The molecule has 0 bridgehead atoms. The smallest absolute Gasteiger partial charge is 0.412 e. The molecule has 3 N–H and O–H groups in total. The van der Waals surface area contributed by atoms with Gasteiger partial charge in [-0.25, -0.2) is 0 Å². The Morgan fingerprint density at radius 3 is 2.21 bits per heavy atom. The minimum absolute atomic E-state index is 0.0259. The largest absolute Gasteiger partial charge is 0.506 e. The van der Waals surface area contributed by atoms with E-state index >= 15 is 0 Å². The number of amides is 2. The zero-order chi connectivity index (χ0) is 28.2. The molecule has 7 nitrogen and oxygen atoms in total. The van der Waals surface area contributed by atoms with E-state index in [0.29, 0.717) is 11.6 Å². The number of aromatic hydroxyl groups is 1. The molecule has 1 fully saturated rings. The minimum Gasteiger partial charge on any atom is -0.506 e. The number of phenolic OH excluding ortho intramolecular Hbond substituents is 1. The van der Waals surface area contributed by atoms with Crippen molar-refractivity contribution in [1.29, 1.82) is 0 Å². The van der Waals surface area contributed by atoms with Crippen LogP contribution in [0.3, 0.4) is 0 Å². The lowest BCUT2D eigenvalue weighted by molar-refractivity contribution is -0.151. The fourth-order valence-electron chi connectivity index (χ4n) is 3.80. The van der Waals surface area contributed by atoms with Crippen LogP contribution in [0, 0.1) is 7.14 Å². The summed E-state index contributed by atoms with van der Waals surface area (Å²) in [5.41, 5.74) is 0.138. The minimum atomic E-state index is -4.71. The van der Waals surface area contributed by atoms with Crippen molar-refractivity contribution in [2.45, 2.75) is 56.9 Å². The van der Waals surface area contributed by atoms with Crippen LogP contribution in [0.25, 0.3) is 0 Å². The summed E-state index contributed by atoms with van der Waals surface area (Å²) in [6.45, 7) is 1.29. The number of nitrogens with zero attached hydrogens (tertiary/aromatic N) is 1. The lowest BCUT2D eigenvalue weighted by Crippen LogP contribution is -2.48. The molecule has 3 rings (SSSR count). The first-order valence-corrected chi connectivity index (χ1v) is 14.7. The Bertz CT molecular complexity index is 1170. The van der Waals surface area contributed by atoms with Crippen LogP contribution in [0.2, 0.25) is 0 Å². The fraction of sp³-hybridized carbons (Fsp3) is 0.400. The third kappa shape index (κ3) is 8.19. The molecule has 13 heteroatoms. The second kappa shape index (κ2) is 13.2. The third-order valence-electron chi connectivity index (χ3n) is 5.92. The molecular weight excluding hydrogens is 797 g/mol. The van der Waals surface area contributed by atoms with Crippen molar-refractivity contribution < 1.29 is 32.7 Å². The SMILES string of the molecule is CC[C@H](NC(=O)CCN(c1cc(I)c(O)c(I)c1)[C@@H](c1ccc(Br)cc1)C(F)(F)F)C(=O)C(=O)NC1CC1. The molecule has 0 aliphatic heterocycles. The standard InChI is InChI=1S/C25H25BrF3I2N3O4/c1-2-19(22(37)24(38)32-15-7-8-15)33-20(35)9-10-34(16-11-17(30)21(36)18(31)12-16)23(25(27,28)29)13-3-5-14(26)6-4-13/h3-6,11-12,15,19,23,36H,2,7-10H2,1H3,(H,32,38)(H,33,35)/t19-,23-/m0/s1. The highest BCUT2D eigenvalue weighted by Crippen LogP contribution is 2.42. The second-order valence-electron chi connectivity index (χ2n) is 8.84. The van der Waals surface area contributed by atoms with Crippen LogP contribution in [0.4, 0.5) is 18.9 Å². The molecular formula is C25H25BrF3I2N3O4. The molecule has 38 heavy (non-hydrogen) atoms. The quantitative estimate of drug-likeness (QED) is 0.203. The van der Waals surface area contributed by atoms with Gasteiger partial charge in [-0.05, 0) is 94.3 Å². The van der Waals surface area contributed by atoms with Crippen molar-refractivity contribution >= 4 is 84.4 Å². The van der Waals surface area contributed by atoms with Gasteiger partial charge in [0, 0.05) is 29.2 Å². The van der Waals surface area contributed by atoms with Crippen molar-refractivity contribution in [3.05, 3.63) is 53.6 Å². The van der Waals surface area contributed by atoms with Gasteiger partial charge in [0.05, 0.1) is 13.2 Å². The Kier molecular flexibility index (Phi) is 10.7. The average Bonchev–Trinajstić information content (AvgIpc) is 3.66. The number of nitrogens with one attached hydrogen (secondary N) is 2. The second-order valence-corrected chi connectivity index (χ2v) is 12.1. The number of rotatable bonds is 11. The van der Waals surface area contributed by atoms with E-state index in [-0.39, 0.29) is 42.4 Å². The molecule has 1 saturated carbocycles. The summed E-state index contributed by atoms with van der Waals surface area (Å²) >= 11 is 6.91. The van der Waals surface area contributed by atoms with Gasteiger partial charge in [-0.3, -0.25) is 14.4 Å². The molecule has 0 unspecified atom stereocenters. The number of hydrogen-bond acceptors (Lipinski definition) is 5. The maximum absolute atomic E-state index is 14.5. The summed E-state index contributed by atoms with van der Waals surface area (Å²) in [5, 5.41) is 15.3. The summed E-state index contributed by atoms with van der Waals surface area (Å²) < 4.78 is 44.9. The highest BCUT2D eigenvalue weighted by Gasteiger charge is 2.45. The van der Waals surface area contributed by atoms with Crippen LogP contribution in [0.5, 0.6) is 5.75 Å². The van der Waals surface area contributed by atoms with E-state index in [1.54, 1.807) is 6.92 Å². The molecule has 0 aromatic heterocycles. The van der Waals surface area contributed by atoms with Crippen molar-refractivity contribution in [2.75, 3.05) is 11.4 Å². The van der Waals surface area contributed by atoms with Gasteiger partial charge in [-0.1, -0.05) is 35.0 Å². The number of hydrogen-bond donors (Lipinski definition) is 3. The Hall–Kier alpha value is -1.62. The third-order valence-corrected chi connectivity index (χ3v) is 8.09. The maximum atomic E-state index is 14.5. The molecule has 2 atom stereocenters. The Labute approximate surface area is 253 Å². The van der Waals surface area contributed by atoms with Gasteiger partial charge < -0.3 is 20.6 Å². The first-order valence-electron chi connectivity index (χ1n) is 11.7. The summed E-state index contributed by atoms with van der Waals surface area (Å²) in [5.74, 6) is -2.26. The molecule has 2 aromatic rings. The van der Waals surface area contributed by atoms with E-state index in [2.05, 4.69) is 26.6 Å². The lowest BCUT2D eigenvalue weighted by Gasteiger charge is -2.35. The number of benzene rings is 2. The molecule has 206 valence electrons. The summed E-state index contributed by atoms with van der Waals surface area (Å²) in [6.07, 6.45) is -3.32. The van der Waals surface area contributed by atoms with E-state index in [0.717, 1.165) is 17.7 Å². The van der Waals surface area contributed by atoms with E-state index < -0.39 is 35.9 Å². The van der Waals surface area contributed by atoms with Crippen molar-refractivity contribution in [3.8, 4) is 5.75 Å². The number of carbonyl (C=O) groups excluding carboxylic acids is 3. The van der Waals surface area contributed by atoms with Gasteiger partial charge in [-0.2, -0.15) is 13.2 Å². The fourth-order valence-corrected chi connectivity index (χ4v) is 5.80. The zero-order valence-electron chi connectivity index (χ0n) is 20.1. The molecule has 0 saturated heterocycles. The summed E-state index contributed by atoms with van der Waals surface area (Å²) in [4.78, 5) is 38.5. The van der Waals surface area contributed by atoms with Gasteiger partial charge in [0.15, 0.2) is 6.04 Å². The highest BCUT2D eigenvalue weighted by molar-refractivity contribution is 14.1. The maximum Gasteiger partial charge on any atom is 0.412 e. The Morgan fingerprint density at radius 2 is 1.71 bits per heavy atom. The molecule has 1 aliphatic rings. The first-order chi connectivity index (χ1) is 17.8. The number of Topliss-reactive ketones (excluding diaryl/α,β-unsaturated/α-hetero) is 1. The topological polar surface area (TPSA) is 98.7 Å². The van der Waals surface area contributed by atoms with Crippen LogP contribution in [0.15, 0.2) is 40.9 Å².